The number of ketones is 1. The second kappa shape index (κ2) is 4.94. The van der Waals surface area contributed by atoms with E-state index in [-0.39, 0.29) is 5.78 Å². The second-order valence-electron chi connectivity index (χ2n) is 4.72. The van der Waals surface area contributed by atoms with Gasteiger partial charge in [0.25, 0.3) is 0 Å². The van der Waals surface area contributed by atoms with Crippen molar-refractivity contribution in [3.8, 4) is 5.75 Å². The third-order valence-electron chi connectivity index (χ3n) is 3.48. The van der Waals surface area contributed by atoms with E-state index in [0.29, 0.717) is 17.7 Å². The summed E-state index contributed by atoms with van der Waals surface area (Å²) < 4.78 is 10.7. The zero-order valence-electron chi connectivity index (χ0n) is 10.9. The summed E-state index contributed by atoms with van der Waals surface area (Å²) in [5.74, 6) is 0.683. The first-order valence-corrected chi connectivity index (χ1v) is 6.09. The highest BCUT2D eigenvalue weighted by molar-refractivity contribution is 6.09. The summed E-state index contributed by atoms with van der Waals surface area (Å²) in [6.45, 7) is 6.56. The van der Waals surface area contributed by atoms with E-state index in [9.17, 15) is 4.79 Å². The third-order valence-corrected chi connectivity index (χ3v) is 3.48. The van der Waals surface area contributed by atoms with Crippen molar-refractivity contribution in [2.75, 3.05) is 13.7 Å². The number of methoxy groups -OCH3 is 1. The molecule has 1 aromatic carbocycles. The summed E-state index contributed by atoms with van der Waals surface area (Å²) in [6, 6.07) is 7.06. The summed E-state index contributed by atoms with van der Waals surface area (Å²) in [5, 5.41) is 0. The van der Waals surface area contributed by atoms with Crippen LogP contribution >= 0.6 is 0 Å². The summed E-state index contributed by atoms with van der Waals surface area (Å²) >= 11 is 0. The molecule has 1 saturated heterocycles. The molecule has 0 radical (unpaired) electrons. The van der Waals surface area contributed by atoms with Gasteiger partial charge in [0.05, 0.1) is 12.7 Å². The normalized spacial score (nSPS) is 22.8. The van der Waals surface area contributed by atoms with Crippen LogP contribution in [0.5, 0.6) is 5.75 Å². The van der Waals surface area contributed by atoms with Crippen LogP contribution in [0.2, 0.25) is 0 Å². The Bertz CT molecular complexity index is 453. The van der Waals surface area contributed by atoms with Crippen molar-refractivity contribution in [2.45, 2.75) is 25.4 Å². The zero-order valence-corrected chi connectivity index (χ0v) is 10.9. The van der Waals surface area contributed by atoms with Gasteiger partial charge in [-0.3, -0.25) is 4.79 Å². The van der Waals surface area contributed by atoms with Gasteiger partial charge in [0.15, 0.2) is 5.78 Å². The first kappa shape index (κ1) is 12.8. The van der Waals surface area contributed by atoms with Crippen LogP contribution in [0, 0.1) is 0 Å². The van der Waals surface area contributed by atoms with E-state index in [2.05, 4.69) is 6.58 Å². The van der Waals surface area contributed by atoms with E-state index in [0.717, 1.165) is 18.6 Å². The third kappa shape index (κ3) is 2.31. The number of benzene rings is 1. The van der Waals surface area contributed by atoms with Crippen molar-refractivity contribution in [2.24, 2.45) is 0 Å². The van der Waals surface area contributed by atoms with Gasteiger partial charge in [0.2, 0.25) is 0 Å². The van der Waals surface area contributed by atoms with Gasteiger partial charge in [-0.15, -0.1) is 0 Å². The standard InChI is InChI=1S/C15H18O3/c1-11(15(2)9-4-10-18-15)14(16)12-5-7-13(17-3)8-6-12/h5-8H,1,4,9-10H2,2-3H3/t15-/m0/s1. The number of carbonyl (C=O) groups is 1. The van der Waals surface area contributed by atoms with Gasteiger partial charge >= 0.3 is 0 Å². The van der Waals surface area contributed by atoms with Gasteiger partial charge in [-0.2, -0.15) is 0 Å². The molecule has 1 atom stereocenters. The Balaban J connectivity index is 2.17. The Hall–Kier alpha value is -1.61. The lowest BCUT2D eigenvalue weighted by Crippen LogP contribution is -2.30. The Kier molecular flexibility index (Phi) is 3.53. The lowest BCUT2D eigenvalue weighted by molar-refractivity contribution is 0.0475. The Morgan fingerprint density at radius 1 is 1.39 bits per heavy atom. The first-order chi connectivity index (χ1) is 8.57. The van der Waals surface area contributed by atoms with E-state index in [1.807, 2.05) is 6.92 Å². The molecule has 0 amide bonds. The number of carbonyl (C=O) groups excluding carboxylic acids is 1. The second-order valence-corrected chi connectivity index (χ2v) is 4.72. The van der Waals surface area contributed by atoms with Crippen LogP contribution in [-0.4, -0.2) is 25.1 Å². The minimum atomic E-state index is -0.503. The van der Waals surface area contributed by atoms with Crippen molar-refractivity contribution in [1.82, 2.24) is 0 Å². The van der Waals surface area contributed by atoms with Crippen LogP contribution < -0.4 is 4.74 Å². The molecule has 1 fully saturated rings. The molecular formula is C15H18O3. The summed E-state index contributed by atoms with van der Waals surface area (Å²) in [4.78, 5) is 12.3. The Labute approximate surface area is 107 Å². The van der Waals surface area contributed by atoms with Crippen LogP contribution in [0.25, 0.3) is 0 Å². The highest BCUT2D eigenvalue weighted by Gasteiger charge is 2.36. The molecule has 1 aliphatic heterocycles. The monoisotopic (exact) mass is 246 g/mol. The SMILES string of the molecule is C=C(C(=O)c1ccc(OC)cc1)[C@]1(C)CCCO1. The fourth-order valence-corrected chi connectivity index (χ4v) is 2.17. The molecule has 0 aliphatic carbocycles. The summed E-state index contributed by atoms with van der Waals surface area (Å²) in [6.07, 6.45) is 1.83. The summed E-state index contributed by atoms with van der Waals surface area (Å²) in [5.41, 5.74) is 0.652. The predicted molar refractivity (Wildman–Crippen MR) is 70.1 cm³/mol. The van der Waals surface area contributed by atoms with Crippen LogP contribution in [0.1, 0.15) is 30.1 Å². The summed E-state index contributed by atoms with van der Waals surface area (Å²) in [7, 11) is 1.60. The Morgan fingerprint density at radius 3 is 2.56 bits per heavy atom. The molecule has 1 aliphatic rings. The van der Waals surface area contributed by atoms with Crippen molar-refractivity contribution >= 4 is 5.78 Å². The van der Waals surface area contributed by atoms with Crippen LogP contribution in [0.15, 0.2) is 36.4 Å². The van der Waals surface area contributed by atoms with Crippen molar-refractivity contribution in [1.29, 1.82) is 0 Å². The van der Waals surface area contributed by atoms with E-state index < -0.39 is 5.60 Å². The fraction of sp³-hybridized carbons (Fsp3) is 0.400. The van der Waals surface area contributed by atoms with Crippen molar-refractivity contribution in [3.63, 3.8) is 0 Å². The topological polar surface area (TPSA) is 35.5 Å². The van der Waals surface area contributed by atoms with E-state index in [4.69, 9.17) is 9.47 Å². The maximum atomic E-state index is 12.3. The average Bonchev–Trinajstić information content (AvgIpc) is 2.85. The van der Waals surface area contributed by atoms with Crippen molar-refractivity contribution in [3.05, 3.63) is 42.0 Å². The molecule has 0 unspecified atom stereocenters. The molecule has 18 heavy (non-hydrogen) atoms. The highest BCUT2D eigenvalue weighted by atomic mass is 16.5. The molecule has 1 heterocycles. The van der Waals surface area contributed by atoms with Crippen LogP contribution in [-0.2, 0) is 4.74 Å². The number of hydrogen-bond acceptors (Lipinski definition) is 3. The maximum Gasteiger partial charge on any atom is 0.191 e. The van der Waals surface area contributed by atoms with E-state index >= 15 is 0 Å². The van der Waals surface area contributed by atoms with Gasteiger partial charge < -0.3 is 9.47 Å². The first-order valence-electron chi connectivity index (χ1n) is 6.09. The minimum absolute atomic E-state index is 0.0537. The van der Waals surface area contributed by atoms with Gasteiger partial charge in [-0.1, -0.05) is 6.58 Å². The van der Waals surface area contributed by atoms with E-state index in [1.54, 1.807) is 31.4 Å². The molecular weight excluding hydrogens is 228 g/mol. The quantitative estimate of drug-likeness (QED) is 0.605. The number of hydrogen-bond donors (Lipinski definition) is 0. The van der Waals surface area contributed by atoms with Gasteiger partial charge in [-0.05, 0) is 44.0 Å². The van der Waals surface area contributed by atoms with Gasteiger partial charge in [-0.25, -0.2) is 0 Å². The van der Waals surface area contributed by atoms with Gasteiger partial charge in [0, 0.05) is 17.7 Å². The molecule has 3 nitrogen and oxygen atoms in total. The molecule has 96 valence electrons. The molecule has 1 aromatic rings. The van der Waals surface area contributed by atoms with Crippen molar-refractivity contribution < 1.29 is 14.3 Å². The lowest BCUT2D eigenvalue weighted by atomic mass is 9.88. The van der Waals surface area contributed by atoms with E-state index in [1.165, 1.54) is 0 Å². The smallest absolute Gasteiger partial charge is 0.191 e. The molecule has 0 aromatic heterocycles. The number of ether oxygens (including phenoxy) is 2. The average molecular weight is 246 g/mol. The molecule has 0 bridgehead atoms. The van der Waals surface area contributed by atoms with Crippen LogP contribution in [0.4, 0.5) is 0 Å². The number of Topliss-reactive ketones (excluding diaryl/α,β-unsaturated/α-hetero) is 1. The van der Waals surface area contributed by atoms with Crippen LogP contribution in [0.3, 0.4) is 0 Å². The van der Waals surface area contributed by atoms with Gasteiger partial charge in [0.1, 0.15) is 5.75 Å². The predicted octanol–water partition coefficient (Wildman–Crippen LogP) is 3.00. The number of rotatable bonds is 4. The maximum absolute atomic E-state index is 12.3. The molecule has 3 heteroatoms. The zero-order chi connectivity index (χ0) is 13.2. The fourth-order valence-electron chi connectivity index (χ4n) is 2.17. The largest absolute Gasteiger partial charge is 0.497 e. The molecule has 0 N–H and O–H groups in total. The molecule has 2 rings (SSSR count). The Morgan fingerprint density at radius 2 is 2.06 bits per heavy atom. The lowest BCUT2D eigenvalue weighted by Gasteiger charge is -2.24. The highest BCUT2D eigenvalue weighted by Crippen LogP contribution is 2.33. The minimum Gasteiger partial charge on any atom is -0.497 e. The molecule has 0 spiro atoms. The molecule has 0 saturated carbocycles.